The average Bonchev–Trinajstić information content (AvgIpc) is 3.83. The van der Waals surface area contributed by atoms with Gasteiger partial charge in [0.2, 0.25) is 11.8 Å². The van der Waals surface area contributed by atoms with Gasteiger partial charge in [0.15, 0.2) is 0 Å². The molecule has 0 spiro atoms. The van der Waals surface area contributed by atoms with Crippen molar-refractivity contribution in [2.75, 3.05) is 32.6 Å². The summed E-state index contributed by atoms with van der Waals surface area (Å²) in [6.45, 7) is 1.64. The molecule has 14 heteroatoms. The summed E-state index contributed by atoms with van der Waals surface area (Å²) in [5.41, 5.74) is 4.48. The zero-order chi connectivity index (χ0) is 40.8. The summed E-state index contributed by atoms with van der Waals surface area (Å²) in [5, 5.41) is 20.1. The van der Waals surface area contributed by atoms with E-state index in [-0.39, 0.29) is 30.2 Å². The number of carboxylic acids is 1. The van der Waals surface area contributed by atoms with E-state index >= 15 is 0 Å². The number of carbonyl (C=O) groups is 2. The Labute approximate surface area is 340 Å². The number of methoxy groups -OCH3 is 2. The van der Waals surface area contributed by atoms with E-state index in [1.807, 2.05) is 53.4 Å². The molecule has 5 aliphatic rings. The zero-order valence-electron chi connectivity index (χ0n) is 32.5. The van der Waals surface area contributed by atoms with E-state index in [1.54, 1.807) is 7.11 Å². The lowest BCUT2D eigenvalue weighted by molar-refractivity contribution is -0.160. The second-order valence-electron chi connectivity index (χ2n) is 16.0. The summed E-state index contributed by atoms with van der Waals surface area (Å²) in [4.78, 5) is 30.6. The topological polar surface area (TPSA) is 125 Å². The molecule has 1 amide bonds. The molecule has 3 aromatic carbocycles. The van der Waals surface area contributed by atoms with Crippen LogP contribution in [0.1, 0.15) is 78.8 Å². The second-order valence-corrected chi connectivity index (χ2v) is 16.4. The van der Waals surface area contributed by atoms with Crippen LogP contribution < -0.4 is 25.4 Å². The highest BCUT2D eigenvalue weighted by Crippen LogP contribution is 2.48. The SMILES string of the molecule is COc1cc(N[C@H]2CCc3c(-c4cccc(-c5ccc(CNC[C@@H]6CCC(=O)N6)c(OC)n5)c4Cl)cccc32)c(C(F)(F)F)cc1CN1CC2(C(=O)O)CCC1CC2. The Morgan fingerprint density at radius 3 is 2.45 bits per heavy atom. The van der Waals surface area contributed by atoms with Crippen molar-refractivity contribution in [1.82, 2.24) is 20.5 Å². The van der Waals surface area contributed by atoms with Crippen LogP contribution in [0.4, 0.5) is 18.9 Å². The number of pyridine rings is 1. The maximum Gasteiger partial charge on any atom is 0.418 e. The summed E-state index contributed by atoms with van der Waals surface area (Å²) < 4.78 is 55.8. The molecule has 4 fully saturated rings. The van der Waals surface area contributed by atoms with E-state index in [0.717, 1.165) is 40.3 Å². The molecule has 3 saturated heterocycles. The fraction of sp³-hybridized carbons (Fsp3) is 0.432. The molecule has 0 unspecified atom stereocenters. The average molecular weight is 818 g/mol. The summed E-state index contributed by atoms with van der Waals surface area (Å²) in [6, 6.07) is 17.9. The van der Waals surface area contributed by atoms with Gasteiger partial charge in [0.05, 0.1) is 47.6 Å². The highest BCUT2D eigenvalue weighted by molar-refractivity contribution is 6.36. The highest BCUT2D eigenvalue weighted by Gasteiger charge is 2.50. The summed E-state index contributed by atoms with van der Waals surface area (Å²) >= 11 is 7.17. The maximum absolute atomic E-state index is 14.8. The van der Waals surface area contributed by atoms with Gasteiger partial charge in [-0.25, -0.2) is 4.98 Å². The molecule has 4 N–H and O–H groups in total. The Bertz CT molecular complexity index is 2230. The fourth-order valence-corrected chi connectivity index (χ4v) is 9.82. The van der Waals surface area contributed by atoms with E-state index < -0.39 is 29.2 Å². The lowest BCUT2D eigenvalue weighted by Gasteiger charge is -2.50. The first-order valence-corrected chi connectivity index (χ1v) is 20.2. The summed E-state index contributed by atoms with van der Waals surface area (Å²) in [6.07, 6.45) is 0.484. The monoisotopic (exact) mass is 817 g/mol. The molecular formula is C44H47ClF3N5O5. The Balaban J connectivity index is 1.03. The summed E-state index contributed by atoms with van der Waals surface area (Å²) in [7, 11) is 3.02. The third kappa shape index (κ3) is 7.71. The van der Waals surface area contributed by atoms with Crippen LogP contribution in [0, 0.1) is 5.41 Å². The zero-order valence-corrected chi connectivity index (χ0v) is 33.2. The number of hydrogen-bond donors (Lipinski definition) is 4. The van der Waals surface area contributed by atoms with Crippen molar-refractivity contribution in [3.8, 4) is 34.0 Å². The number of nitrogens with one attached hydrogen (secondary N) is 3. The number of ether oxygens (including phenoxy) is 2. The number of nitrogens with zero attached hydrogens (tertiary/aromatic N) is 2. The Morgan fingerprint density at radius 2 is 1.74 bits per heavy atom. The first-order valence-electron chi connectivity index (χ1n) is 19.8. The first kappa shape index (κ1) is 40.0. The van der Waals surface area contributed by atoms with Gasteiger partial charge in [0.25, 0.3) is 0 Å². The van der Waals surface area contributed by atoms with Crippen LogP contribution in [0.15, 0.2) is 60.7 Å². The van der Waals surface area contributed by atoms with E-state index in [2.05, 4.69) is 16.0 Å². The second kappa shape index (κ2) is 16.1. The molecule has 0 radical (unpaired) electrons. The van der Waals surface area contributed by atoms with Crippen LogP contribution in [-0.2, 0) is 35.3 Å². The van der Waals surface area contributed by atoms with Gasteiger partial charge in [-0.05, 0) is 73.8 Å². The Kier molecular flexibility index (Phi) is 11.1. The van der Waals surface area contributed by atoms with Crippen LogP contribution in [0.25, 0.3) is 22.4 Å². The van der Waals surface area contributed by atoms with Crippen molar-refractivity contribution in [1.29, 1.82) is 0 Å². The predicted molar refractivity (Wildman–Crippen MR) is 215 cm³/mol. The number of benzene rings is 3. The highest BCUT2D eigenvalue weighted by atomic mass is 35.5. The van der Waals surface area contributed by atoms with Gasteiger partial charge >= 0.3 is 12.1 Å². The number of alkyl halides is 3. The number of carboxylic acid groups (broad SMARTS) is 1. The molecule has 1 saturated carbocycles. The van der Waals surface area contributed by atoms with Crippen LogP contribution in [-0.4, -0.2) is 66.3 Å². The molecule has 1 aromatic heterocycles. The van der Waals surface area contributed by atoms with Gasteiger partial charge in [-0.2, -0.15) is 13.2 Å². The van der Waals surface area contributed by atoms with Gasteiger partial charge in [-0.3, -0.25) is 14.5 Å². The third-order valence-electron chi connectivity index (χ3n) is 12.6. The van der Waals surface area contributed by atoms with E-state index in [4.69, 9.17) is 26.1 Å². The van der Waals surface area contributed by atoms with Crippen molar-refractivity contribution in [3.05, 3.63) is 93.5 Å². The Morgan fingerprint density at radius 1 is 0.983 bits per heavy atom. The number of hydrogen-bond acceptors (Lipinski definition) is 8. The lowest BCUT2D eigenvalue weighted by Crippen LogP contribution is -2.56. The van der Waals surface area contributed by atoms with Gasteiger partial charge in [-0.15, -0.1) is 0 Å². The molecular weight excluding hydrogens is 771 g/mol. The molecule has 10 nitrogen and oxygen atoms in total. The van der Waals surface area contributed by atoms with Crippen LogP contribution >= 0.6 is 11.6 Å². The van der Waals surface area contributed by atoms with Gasteiger partial charge in [0, 0.05) is 73.0 Å². The molecule has 4 heterocycles. The van der Waals surface area contributed by atoms with Crippen molar-refractivity contribution in [3.63, 3.8) is 0 Å². The summed E-state index contributed by atoms with van der Waals surface area (Å²) in [5.74, 6) is 0.0213. The number of halogens is 4. The molecule has 306 valence electrons. The number of rotatable bonds is 13. The number of aliphatic carboxylic acids is 1. The van der Waals surface area contributed by atoms with Crippen molar-refractivity contribution >= 4 is 29.2 Å². The molecule has 9 rings (SSSR count). The first-order chi connectivity index (χ1) is 27.9. The minimum absolute atomic E-state index is 0.0671. The van der Waals surface area contributed by atoms with Gasteiger partial charge < -0.3 is 30.5 Å². The minimum Gasteiger partial charge on any atom is -0.496 e. The normalized spacial score (nSPS) is 22.8. The molecule has 58 heavy (non-hydrogen) atoms. The standard InChI is InChI=1S/C44H47ClF3N5O5/c1-57-38-20-37(34(44(46,47)48)19-26(38)23-53-24-43(42(55)56)17-15-28(53)16-18-43)51-35-13-11-30-29(5-3-6-31(30)35)32-7-4-8-33(40(32)45)36-12-9-25(41(52-36)58-2)21-49-22-27-10-14-39(54)50-27/h3-9,12,19-20,27-28,35,49,51H,10-11,13-18,21-24H2,1-2H3,(H,50,54)(H,55,56)/t27-,28?,35-,43?/m0/s1. The predicted octanol–water partition coefficient (Wildman–Crippen LogP) is 8.40. The molecule has 3 aliphatic heterocycles. The Hall–Kier alpha value is -4.85. The van der Waals surface area contributed by atoms with Crippen LogP contribution in [0.3, 0.4) is 0 Å². The maximum atomic E-state index is 14.8. The molecule has 4 aromatic rings. The number of aromatic nitrogens is 1. The van der Waals surface area contributed by atoms with Crippen LogP contribution in [0.5, 0.6) is 11.6 Å². The number of fused-ring (bicyclic) bond motifs is 4. The quantitative estimate of drug-likeness (QED) is 0.105. The number of amides is 1. The molecule has 2 atom stereocenters. The minimum atomic E-state index is -4.65. The van der Waals surface area contributed by atoms with Crippen molar-refractivity contribution in [2.45, 2.75) is 88.8 Å². The van der Waals surface area contributed by atoms with Gasteiger partial charge in [-0.1, -0.05) is 54.1 Å². The molecule has 2 aliphatic carbocycles. The van der Waals surface area contributed by atoms with Crippen LogP contribution in [0.2, 0.25) is 5.02 Å². The van der Waals surface area contributed by atoms with E-state index in [0.29, 0.717) is 98.1 Å². The fourth-order valence-electron chi connectivity index (χ4n) is 9.50. The van der Waals surface area contributed by atoms with Crippen molar-refractivity contribution < 1.29 is 37.3 Å². The lowest BCUT2D eigenvalue weighted by atomic mass is 9.67. The van der Waals surface area contributed by atoms with Gasteiger partial charge in [0.1, 0.15) is 5.75 Å². The number of piperidine rings is 2. The van der Waals surface area contributed by atoms with E-state index in [9.17, 15) is 27.9 Å². The number of anilines is 1. The van der Waals surface area contributed by atoms with E-state index in [1.165, 1.54) is 13.2 Å². The number of carbonyl (C=O) groups excluding carboxylic acids is 1. The third-order valence-corrected chi connectivity index (χ3v) is 13.0. The largest absolute Gasteiger partial charge is 0.496 e. The van der Waals surface area contributed by atoms with Crippen molar-refractivity contribution in [2.24, 2.45) is 5.41 Å². The smallest absolute Gasteiger partial charge is 0.418 e. The molecule has 2 bridgehead atoms.